The number of hydrogen-bond donors (Lipinski definition) is 1. The fourth-order valence-corrected chi connectivity index (χ4v) is 1.74. The van der Waals surface area contributed by atoms with Crippen molar-refractivity contribution < 1.29 is 18.3 Å². The van der Waals surface area contributed by atoms with Crippen LogP contribution in [0.4, 0.5) is 13.2 Å². The van der Waals surface area contributed by atoms with E-state index in [0.29, 0.717) is 5.56 Å². The lowest BCUT2D eigenvalue weighted by molar-refractivity contribution is -0.244. The summed E-state index contributed by atoms with van der Waals surface area (Å²) in [6, 6.07) is 10.8. The van der Waals surface area contributed by atoms with E-state index >= 15 is 0 Å². The van der Waals surface area contributed by atoms with Gasteiger partial charge in [-0.25, -0.2) is 0 Å². The fourth-order valence-electron chi connectivity index (χ4n) is 1.74. The molecule has 0 fully saturated rings. The molecule has 1 N–H and O–H groups in total. The highest BCUT2D eigenvalue weighted by Crippen LogP contribution is 2.40. The van der Waals surface area contributed by atoms with Gasteiger partial charge in [-0.05, 0) is 29.3 Å². The molecule has 5 heteroatoms. The molecule has 0 aliphatic rings. The topological polar surface area (TPSA) is 33.1 Å². The van der Waals surface area contributed by atoms with Crippen LogP contribution < -0.4 is 0 Å². The van der Waals surface area contributed by atoms with Crippen LogP contribution in [0.1, 0.15) is 11.1 Å². The number of pyridine rings is 1. The highest BCUT2D eigenvalue weighted by atomic mass is 19.4. The van der Waals surface area contributed by atoms with Gasteiger partial charge in [-0.1, -0.05) is 36.4 Å². The Kier molecular flexibility index (Phi) is 3.90. The average Bonchev–Trinajstić information content (AvgIpc) is 2.45. The lowest BCUT2D eigenvalue weighted by Crippen LogP contribution is -2.40. The van der Waals surface area contributed by atoms with Gasteiger partial charge in [-0.15, -0.1) is 0 Å². The largest absolute Gasteiger partial charge is 0.425 e. The van der Waals surface area contributed by atoms with Crippen LogP contribution in [0.3, 0.4) is 0 Å². The van der Waals surface area contributed by atoms with E-state index in [0.717, 1.165) is 18.2 Å². The molecule has 0 aliphatic heterocycles. The van der Waals surface area contributed by atoms with Crippen LogP contribution in [-0.4, -0.2) is 16.3 Å². The van der Waals surface area contributed by atoms with Crippen molar-refractivity contribution in [1.29, 1.82) is 0 Å². The van der Waals surface area contributed by atoms with Crippen LogP contribution in [0, 0.1) is 0 Å². The number of aliphatic hydroxyl groups is 1. The van der Waals surface area contributed by atoms with Crippen molar-refractivity contribution in [2.45, 2.75) is 11.8 Å². The third-order valence-electron chi connectivity index (χ3n) is 2.87. The van der Waals surface area contributed by atoms with Gasteiger partial charge in [-0.2, -0.15) is 13.2 Å². The normalized spacial score (nSPS) is 15.2. The molecule has 1 atom stereocenters. The maximum absolute atomic E-state index is 13.2. The molecule has 1 unspecified atom stereocenters. The molecule has 1 aromatic carbocycles. The highest BCUT2D eigenvalue weighted by molar-refractivity contribution is 5.51. The minimum absolute atomic E-state index is 0.271. The van der Waals surface area contributed by atoms with Gasteiger partial charge >= 0.3 is 6.18 Å². The van der Waals surface area contributed by atoms with Crippen LogP contribution in [-0.2, 0) is 5.60 Å². The van der Waals surface area contributed by atoms with E-state index in [9.17, 15) is 18.3 Å². The molecule has 0 amide bonds. The van der Waals surface area contributed by atoms with Gasteiger partial charge in [0.15, 0.2) is 0 Å². The molecule has 2 rings (SSSR count). The summed E-state index contributed by atoms with van der Waals surface area (Å²) >= 11 is 0. The Balaban J connectivity index is 2.42. The van der Waals surface area contributed by atoms with Gasteiger partial charge in [0.25, 0.3) is 0 Å². The number of rotatable bonds is 3. The second kappa shape index (κ2) is 5.46. The van der Waals surface area contributed by atoms with E-state index in [1.165, 1.54) is 18.5 Å². The summed E-state index contributed by atoms with van der Waals surface area (Å²) in [6.45, 7) is 0. The van der Waals surface area contributed by atoms with E-state index in [-0.39, 0.29) is 5.56 Å². The number of alkyl halides is 3. The Labute approximate surface area is 114 Å². The van der Waals surface area contributed by atoms with Crippen LogP contribution in [0.5, 0.6) is 0 Å². The van der Waals surface area contributed by atoms with E-state index in [1.54, 1.807) is 30.3 Å². The van der Waals surface area contributed by atoms with Crippen LogP contribution in [0.2, 0.25) is 0 Å². The van der Waals surface area contributed by atoms with Crippen molar-refractivity contribution >= 4 is 6.08 Å². The van der Waals surface area contributed by atoms with E-state index in [1.807, 2.05) is 0 Å². The van der Waals surface area contributed by atoms with Gasteiger partial charge in [0.1, 0.15) is 0 Å². The molecule has 0 bridgehead atoms. The van der Waals surface area contributed by atoms with Crippen molar-refractivity contribution in [2.24, 2.45) is 0 Å². The Morgan fingerprint density at radius 1 is 0.950 bits per heavy atom. The van der Waals surface area contributed by atoms with E-state index in [2.05, 4.69) is 4.98 Å². The predicted molar refractivity (Wildman–Crippen MR) is 69.7 cm³/mol. The minimum Gasteiger partial charge on any atom is -0.373 e. The Morgan fingerprint density at radius 3 is 2.10 bits per heavy atom. The Hall–Kier alpha value is -2.14. The van der Waals surface area contributed by atoms with Crippen molar-refractivity contribution in [3.8, 4) is 0 Å². The third kappa shape index (κ3) is 2.88. The first-order chi connectivity index (χ1) is 9.43. The second-order valence-electron chi connectivity index (χ2n) is 4.24. The first-order valence-electron chi connectivity index (χ1n) is 5.87. The van der Waals surface area contributed by atoms with Gasteiger partial charge in [0.2, 0.25) is 5.60 Å². The molecule has 1 aromatic heterocycles. The van der Waals surface area contributed by atoms with Crippen molar-refractivity contribution in [2.75, 3.05) is 0 Å². The lowest BCUT2D eigenvalue weighted by Gasteiger charge is -2.27. The second-order valence-corrected chi connectivity index (χ2v) is 4.24. The molecule has 1 heterocycles. The lowest BCUT2D eigenvalue weighted by atomic mass is 9.93. The molecule has 20 heavy (non-hydrogen) atoms. The third-order valence-corrected chi connectivity index (χ3v) is 2.87. The van der Waals surface area contributed by atoms with Gasteiger partial charge in [0.05, 0.1) is 0 Å². The Bertz CT molecular complexity index is 581. The monoisotopic (exact) mass is 279 g/mol. The molecule has 0 saturated heterocycles. The van der Waals surface area contributed by atoms with Crippen molar-refractivity contribution in [1.82, 2.24) is 4.98 Å². The first-order valence-corrected chi connectivity index (χ1v) is 5.87. The van der Waals surface area contributed by atoms with Crippen molar-refractivity contribution in [3.05, 3.63) is 72.1 Å². The highest BCUT2D eigenvalue weighted by Gasteiger charge is 2.53. The minimum atomic E-state index is -4.82. The fraction of sp³-hybridized carbons (Fsp3) is 0.133. The maximum Gasteiger partial charge on any atom is 0.425 e. The van der Waals surface area contributed by atoms with E-state index in [4.69, 9.17) is 0 Å². The molecule has 104 valence electrons. The van der Waals surface area contributed by atoms with Crippen LogP contribution in [0.25, 0.3) is 6.08 Å². The average molecular weight is 279 g/mol. The summed E-state index contributed by atoms with van der Waals surface area (Å²) in [7, 11) is 0. The maximum atomic E-state index is 13.2. The quantitative estimate of drug-likeness (QED) is 0.932. The molecule has 0 aliphatic carbocycles. The number of benzene rings is 1. The zero-order valence-corrected chi connectivity index (χ0v) is 10.4. The van der Waals surface area contributed by atoms with Gasteiger partial charge in [-0.3, -0.25) is 4.98 Å². The summed E-state index contributed by atoms with van der Waals surface area (Å²) in [5.74, 6) is 0. The molecule has 0 saturated carbocycles. The number of nitrogens with zero attached hydrogens (tertiary/aromatic N) is 1. The number of aromatic nitrogens is 1. The summed E-state index contributed by atoms with van der Waals surface area (Å²) in [5.41, 5.74) is -2.73. The van der Waals surface area contributed by atoms with Crippen LogP contribution in [0.15, 0.2) is 60.9 Å². The zero-order chi connectivity index (χ0) is 14.6. The standard InChI is InChI=1S/C15H12F3NO/c16-15(17,18)14(20,13-7-10-19-11-8-13)9-6-12-4-2-1-3-5-12/h1-11,20H. The molecule has 0 spiro atoms. The number of hydrogen-bond acceptors (Lipinski definition) is 2. The molecule has 0 radical (unpaired) electrons. The van der Waals surface area contributed by atoms with E-state index < -0.39 is 11.8 Å². The summed E-state index contributed by atoms with van der Waals surface area (Å²) in [5, 5.41) is 10.0. The summed E-state index contributed by atoms with van der Waals surface area (Å²) < 4.78 is 39.5. The number of halogens is 3. The smallest absolute Gasteiger partial charge is 0.373 e. The SMILES string of the molecule is OC(C=Cc1ccccc1)(c1ccncc1)C(F)(F)F. The Morgan fingerprint density at radius 2 is 1.55 bits per heavy atom. The molecule has 2 aromatic rings. The molecule has 2 nitrogen and oxygen atoms in total. The first kappa shape index (κ1) is 14.3. The molecular weight excluding hydrogens is 267 g/mol. The van der Waals surface area contributed by atoms with Gasteiger partial charge in [0, 0.05) is 12.4 Å². The van der Waals surface area contributed by atoms with Gasteiger partial charge < -0.3 is 5.11 Å². The van der Waals surface area contributed by atoms with Crippen molar-refractivity contribution in [3.63, 3.8) is 0 Å². The predicted octanol–water partition coefficient (Wildman–Crippen LogP) is 3.54. The zero-order valence-electron chi connectivity index (χ0n) is 10.4. The molecular formula is C15H12F3NO. The van der Waals surface area contributed by atoms with Crippen LogP contribution >= 0.6 is 0 Å². The summed E-state index contributed by atoms with van der Waals surface area (Å²) in [6.07, 6.45) is -0.407. The summed E-state index contributed by atoms with van der Waals surface area (Å²) in [4.78, 5) is 3.66.